The topological polar surface area (TPSA) is 93.5 Å². The third-order valence-electron chi connectivity index (χ3n) is 3.94. The van der Waals surface area contributed by atoms with Gasteiger partial charge in [0.05, 0.1) is 4.92 Å². The van der Waals surface area contributed by atoms with Crippen molar-refractivity contribution in [3.8, 4) is 0 Å². The maximum Gasteiger partial charge on any atom is 0.269 e. The minimum atomic E-state index is -0.385. The molecule has 6 nitrogen and oxygen atoms in total. The molecule has 0 aliphatic heterocycles. The number of rotatable bonds is 8. The Kier molecular flexibility index (Phi) is 6.95. The van der Waals surface area contributed by atoms with Crippen molar-refractivity contribution in [1.82, 2.24) is 0 Å². The average molecular weight is 340 g/mol. The molecule has 0 amide bonds. The number of nitro benzene ring substituents is 1. The van der Waals surface area contributed by atoms with E-state index >= 15 is 0 Å². The van der Waals surface area contributed by atoms with Crippen molar-refractivity contribution in [3.05, 3.63) is 69.8 Å². The molecule has 0 radical (unpaired) electrons. The van der Waals surface area contributed by atoms with Crippen molar-refractivity contribution in [2.45, 2.75) is 32.6 Å². The summed E-state index contributed by atoms with van der Waals surface area (Å²) < 4.78 is 0. The third-order valence-corrected chi connectivity index (χ3v) is 3.94. The molecule has 2 aromatic rings. The number of hydrogen-bond acceptors (Lipinski definition) is 3. The second-order valence-electron chi connectivity index (χ2n) is 5.82. The number of non-ortho nitro benzene ring substituents is 1. The lowest BCUT2D eigenvalue weighted by molar-refractivity contribution is -0.384. The van der Waals surface area contributed by atoms with E-state index in [0.717, 1.165) is 36.9 Å². The molecule has 132 valence electrons. The van der Waals surface area contributed by atoms with E-state index in [1.807, 2.05) is 12.1 Å². The summed E-state index contributed by atoms with van der Waals surface area (Å²) >= 11 is 0. The number of aliphatic imine (C=N–C) groups is 1. The van der Waals surface area contributed by atoms with Gasteiger partial charge in [0.1, 0.15) is 0 Å². The predicted molar refractivity (Wildman–Crippen MR) is 102 cm³/mol. The van der Waals surface area contributed by atoms with Crippen LogP contribution in [0.2, 0.25) is 0 Å². The number of nitrogens with zero attached hydrogens (tertiary/aromatic N) is 2. The molecule has 0 fully saturated rings. The summed E-state index contributed by atoms with van der Waals surface area (Å²) in [6, 6.07) is 14.8. The van der Waals surface area contributed by atoms with E-state index in [4.69, 9.17) is 5.73 Å². The first kappa shape index (κ1) is 18.4. The maximum atomic E-state index is 10.6. The van der Waals surface area contributed by atoms with Gasteiger partial charge in [0, 0.05) is 24.4 Å². The molecule has 0 saturated heterocycles. The highest BCUT2D eigenvalue weighted by Gasteiger charge is 2.03. The Morgan fingerprint density at radius 2 is 1.72 bits per heavy atom. The Bertz CT molecular complexity index is 709. The minimum Gasteiger partial charge on any atom is -0.370 e. The van der Waals surface area contributed by atoms with E-state index in [-0.39, 0.29) is 10.6 Å². The predicted octanol–water partition coefficient (Wildman–Crippen LogP) is 3.91. The Hall–Kier alpha value is -2.89. The van der Waals surface area contributed by atoms with Gasteiger partial charge >= 0.3 is 0 Å². The van der Waals surface area contributed by atoms with Crippen molar-refractivity contribution in [2.24, 2.45) is 10.7 Å². The van der Waals surface area contributed by atoms with Crippen LogP contribution in [0.4, 0.5) is 11.4 Å². The number of anilines is 1. The van der Waals surface area contributed by atoms with Crippen molar-refractivity contribution in [3.63, 3.8) is 0 Å². The van der Waals surface area contributed by atoms with Gasteiger partial charge in [-0.2, -0.15) is 0 Å². The van der Waals surface area contributed by atoms with Gasteiger partial charge in [0.25, 0.3) is 5.69 Å². The molecule has 2 rings (SSSR count). The summed E-state index contributed by atoms with van der Waals surface area (Å²) in [4.78, 5) is 14.6. The van der Waals surface area contributed by atoms with E-state index < -0.39 is 0 Å². The largest absolute Gasteiger partial charge is 0.370 e. The molecule has 2 aromatic carbocycles. The SMILES string of the molecule is CCc1ccc(NC(N)=NCCCCc2ccc([N+](=O)[O-])cc2)cc1. The van der Waals surface area contributed by atoms with Gasteiger partial charge in [-0.1, -0.05) is 31.2 Å². The Labute approximate surface area is 147 Å². The van der Waals surface area contributed by atoms with E-state index in [1.165, 1.54) is 5.56 Å². The van der Waals surface area contributed by atoms with Crippen LogP contribution in [-0.4, -0.2) is 17.4 Å². The van der Waals surface area contributed by atoms with E-state index in [2.05, 4.69) is 29.4 Å². The number of nitrogens with one attached hydrogen (secondary N) is 1. The molecule has 0 spiro atoms. The van der Waals surface area contributed by atoms with Crippen molar-refractivity contribution in [2.75, 3.05) is 11.9 Å². The van der Waals surface area contributed by atoms with Gasteiger partial charge in [0.2, 0.25) is 0 Å². The number of aryl methyl sites for hydroxylation is 2. The van der Waals surface area contributed by atoms with E-state index in [9.17, 15) is 10.1 Å². The summed E-state index contributed by atoms with van der Waals surface area (Å²) in [7, 11) is 0. The van der Waals surface area contributed by atoms with Crippen LogP contribution in [0.3, 0.4) is 0 Å². The summed E-state index contributed by atoms with van der Waals surface area (Å²) in [6.07, 6.45) is 3.76. The number of unbranched alkanes of at least 4 members (excludes halogenated alkanes) is 1. The van der Waals surface area contributed by atoms with Crippen LogP contribution in [0.1, 0.15) is 30.9 Å². The smallest absolute Gasteiger partial charge is 0.269 e. The van der Waals surface area contributed by atoms with Gasteiger partial charge in [0.15, 0.2) is 5.96 Å². The Morgan fingerprint density at radius 1 is 1.08 bits per heavy atom. The zero-order valence-corrected chi connectivity index (χ0v) is 14.4. The van der Waals surface area contributed by atoms with Gasteiger partial charge in [-0.05, 0) is 48.9 Å². The lowest BCUT2D eigenvalue weighted by Crippen LogP contribution is -2.22. The van der Waals surface area contributed by atoms with Crippen LogP contribution in [0.5, 0.6) is 0 Å². The fourth-order valence-corrected chi connectivity index (χ4v) is 2.44. The molecule has 0 unspecified atom stereocenters. The van der Waals surface area contributed by atoms with Gasteiger partial charge in [-0.3, -0.25) is 15.1 Å². The molecule has 0 atom stereocenters. The number of nitrogens with two attached hydrogens (primary N) is 1. The highest BCUT2D eigenvalue weighted by Crippen LogP contribution is 2.13. The molecule has 0 aliphatic carbocycles. The van der Waals surface area contributed by atoms with Gasteiger partial charge in [-0.25, -0.2) is 0 Å². The molecule has 0 aromatic heterocycles. The highest BCUT2D eigenvalue weighted by atomic mass is 16.6. The molecule has 0 aliphatic rings. The fraction of sp³-hybridized carbons (Fsp3) is 0.316. The summed E-state index contributed by atoms with van der Waals surface area (Å²) in [6.45, 7) is 2.77. The summed E-state index contributed by atoms with van der Waals surface area (Å²) in [5.74, 6) is 0.416. The number of nitro groups is 1. The first-order valence-corrected chi connectivity index (χ1v) is 8.47. The molecule has 0 bridgehead atoms. The molecular weight excluding hydrogens is 316 g/mol. The summed E-state index contributed by atoms with van der Waals surface area (Å²) in [5.41, 5.74) is 9.33. The molecule has 25 heavy (non-hydrogen) atoms. The molecule has 0 heterocycles. The Balaban J connectivity index is 1.70. The van der Waals surface area contributed by atoms with Crippen LogP contribution in [0.25, 0.3) is 0 Å². The second kappa shape index (κ2) is 9.42. The molecular formula is C19H24N4O2. The van der Waals surface area contributed by atoms with Gasteiger partial charge < -0.3 is 11.1 Å². The van der Waals surface area contributed by atoms with Crippen LogP contribution in [0, 0.1) is 10.1 Å². The Morgan fingerprint density at radius 3 is 2.32 bits per heavy atom. The monoisotopic (exact) mass is 340 g/mol. The van der Waals surface area contributed by atoms with Crippen LogP contribution >= 0.6 is 0 Å². The standard InChI is InChI=1S/C19H24N4O2/c1-2-15-6-10-17(11-7-15)22-19(20)21-14-4-3-5-16-8-12-18(13-9-16)23(24)25/h6-13H,2-5,14H2,1H3,(H3,20,21,22). The molecule has 6 heteroatoms. The van der Waals surface area contributed by atoms with Crippen molar-refractivity contribution in [1.29, 1.82) is 0 Å². The normalized spacial score (nSPS) is 11.3. The zero-order valence-electron chi connectivity index (χ0n) is 14.4. The number of guanidine groups is 1. The van der Waals surface area contributed by atoms with Crippen molar-refractivity contribution >= 4 is 17.3 Å². The average Bonchev–Trinajstić information content (AvgIpc) is 2.62. The lowest BCUT2D eigenvalue weighted by atomic mass is 10.1. The van der Waals surface area contributed by atoms with E-state index in [0.29, 0.717) is 12.5 Å². The van der Waals surface area contributed by atoms with Crippen molar-refractivity contribution < 1.29 is 4.92 Å². The highest BCUT2D eigenvalue weighted by molar-refractivity contribution is 5.92. The minimum absolute atomic E-state index is 0.124. The van der Waals surface area contributed by atoms with E-state index in [1.54, 1.807) is 24.3 Å². The first-order valence-electron chi connectivity index (χ1n) is 8.47. The second-order valence-corrected chi connectivity index (χ2v) is 5.82. The number of benzene rings is 2. The van der Waals surface area contributed by atoms with Crippen LogP contribution in [-0.2, 0) is 12.8 Å². The fourth-order valence-electron chi connectivity index (χ4n) is 2.44. The summed E-state index contributed by atoms with van der Waals surface area (Å²) in [5, 5.41) is 13.7. The molecule has 0 saturated carbocycles. The zero-order chi connectivity index (χ0) is 18.1. The lowest BCUT2D eigenvalue weighted by Gasteiger charge is -2.06. The third kappa shape index (κ3) is 6.25. The maximum absolute atomic E-state index is 10.6. The number of hydrogen-bond donors (Lipinski definition) is 2. The van der Waals surface area contributed by atoms with Gasteiger partial charge in [-0.15, -0.1) is 0 Å². The quantitative estimate of drug-likeness (QED) is 0.250. The molecule has 3 N–H and O–H groups in total. The van der Waals surface area contributed by atoms with Crippen LogP contribution < -0.4 is 11.1 Å². The van der Waals surface area contributed by atoms with Crippen LogP contribution in [0.15, 0.2) is 53.5 Å². The first-order chi connectivity index (χ1) is 12.1.